The van der Waals surface area contributed by atoms with Crippen LogP contribution in [0.3, 0.4) is 0 Å². The van der Waals surface area contributed by atoms with Crippen LogP contribution in [0, 0.1) is 23.3 Å². The first-order valence-corrected chi connectivity index (χ1v) is 11.3. The van der Waals surface area contributed by atoms with Crippen LogP contribution in [-0.2, 0) is 4.79 Å². The number of hydrogen-bond donors (Lipinski definition) is 2. The third-order valence-corrected chi connectivity index (χ3v) is 6.09. The first-order chi connectivity index (χ1) is 16.8. The van der Waals surface area contributed by atoms with Gasteiger partial charge in [-0.3, -0.25) is 10.1 Å². The van der Waals surface area contributed by atoms with Gasteiger partial charge >= 0.3 is 6.61 Å². The molecule has 0 spiro atoms. The molecule has 2 aromatic rings. The van der Waals surface area contributed by atoms with Gasteiger partial charge in [0.2, 0.25) is 5.96 Å². The average molecular weight is 524 g/mol. The van der Waals surface area contributed by atoms with E-state index in [2.05, 4.69) is 20.1 Å². The lowest BCUT2D eigenvalue weighted by atomic mass is 9.81. The second kappa shape index (κ2) is 11.9. The van der Waals surface area contributed by atoms with Gasteiger partial charge < -0.3 is 9.84 Å². The molecule has 0 saturated heterocycles. The van der Waals surface area contributed by atoms with Gasteiger partial charge in [0, 0.05) is 17.9 Å². The van der Waals surface area contributed by atoms with Crippen LogP contribution in [0.1, 0.15) is 18.9 Å². The van der Waals surface area contributed by atoms with Crippen molar-refractivity contribution in [3.63, 3.8) is 0 Å². The number of alkyl halides is 2. The number of aliphatic hydroxyl groups excluding tert-OH is 1. The van der Waals surface area contributed by atoms with Crippen LogP contribution in [0.25, 0.3) is 0 Å². The van der Waals surface area contributed by atoms with E-state index in [1.165, 1.54) is 23.2 Å². The quantitative estimate of drug-likeness (QED) is 0.227. The summed E-state index contributed by atoms with van der Waals surface area (Å²) >= 11 is 12.2. The van der Waals surface area contributed by atoms with Gasteiger partial charge in [0.15, 0.2) is 12.0 Å². The Morgan fingerprint density at radius 3 is 2.74 bits per heavy atom. The van der Waals surface area contributed by atoms with E-state index in [1.54, 1.807) is 30.5 Å². The molecule has 35 heavy (non-hydrogen) atoms. The highest BCUT2D eigenvalue weighted by Crippen LogP contribution is 2.32. The number of nitrogens with zero attached hydrogens (tertiary/aromatic N) is 4. The van der Waals surface area contributed by atoms with Gasteiger partial charge in [-0.1, -0.05) is 42.3 Å². The van der Waals surface area contributed by atoms with E-state index in [0.29, 0.717) is 27.7 Å². The van der Waals surface area contributed by atoms with Crippen LogP contribution in [0.2, 0.25) is 10.0 Å². The fourth-order valence-corrected chi connectivity index (χ4v) is 4.10. The van der Waals surface area contributed by atoms with Crippen molar-refractivity contribution >= 4 is 46.3 Å². The lowest BCUT2D eigenvalue weighted by Crippen LogP contribution is -2.38. The molecule has 2 N–H and O–H groups in total. The van der Waals surface area contributed by atoms with E-state index >= 15 is 0 Å². The maximum absolute atomic E-state index is 12.6. The summed E-state index contributed by atoms with van der Waals surface area (Å²) in [4.78, 5) is 16.8. The van der Waals surface area contributed by atoms with Gasteiger partial charge in [-0.25, -0.2) is 10.0 Å². The number of aliphatic imine (C=N–C) groups is 1. The monoisotopic (exact) mass is 523 g/mol. The Bertz CT molecular complexity index is 1190. The number of benzene rings is 2. The van der Waals surface area contributed by atoms with E-state index in [1.807, 2.05) is 6.92 Å². The third-order valence-electron chi connectivity index (χ3n) is 5.35. The molecule has 0 aliphatic carbocycles. The molecule has 0 unspecified atom stereocenters. The molecule has 0 bridgehead atoms. The van der Waals surface area contributed by atoms with Crippen molar-refractivity contribution in [2.75, 3.05) is 13.2 Å². The molecule has 0 amide bonds. The Labute approximate surface area is 210 Å². The number of nitrogens with one attached hydrogen (secondary N) is 1. The predicted octanol–water partition coefficient (Wildman–Crippen LogP) is 4.58. The zero-order chi connectivity index (χ0) is 25.5. The number of hydrogen-bond acceptors (Lipinski definition) is 6. The lowest BCUT2D eigenvalue weighted by molar-refractivity contribution is -0.126. The summed E-state index contributed by atoms with van der Waals surface area (Å²) in [6, 6.07) is 10.6. The largest absolute Gasteiger partial charge is 0.435 e. The van der Waals surface area contributed by atoms with Crippen LogP contribution in [0.4, 0.5) is 14.5 Å². The second-order valence-corrected chi connectivity index (χ2v) is 8.30. The Morgan fingerprint density at radius 1 is 1.34 bits per heavy atom. The first-order valence-electron chi connectivity index (χ1n) is 10.5. The Kier molecular flexibility index (Phi) is 8.98. The minimum Gasteiger partial charge on any atom is -0.435 e. The SMILES string of the molecule is CC[C@@H](C(=O)CO)[C@H]1CN(C(=Nc2cccc(OC(F)F)c2)NC#N)N=C1c1ccc(Cl)c(Cl)c1. The maximum Gasteiger partial charge on any atom is 0.387 e. The third kappa shape index (κ3) is 6.45. The van der Waals surface area contributed by atoms with E-state index in [-0.39, 0.29) is 29.7 Å². The molecule has 8 nitrogen and oxygen atoms in total. The normalized spacial score (nSPS) is 16.6. The molecule has 1 heterocycles. The molecule has 12 heteroatoms. The van der Waals surface area contributed by atoms with Gasteiger partial charge in [0.05, 0.1) is 28.0 Å². The van der Waals surface area contributed by atoms with E-state index in [0.717, 1.165) is 0 Å². The summed E-state index contributed by atoms with van der Waals surface area (Å²) < 4.78 is 29.6. The number of Topliss-reactive ketones (excluding diaryl/α,β-unsaturated/α-hetero) is 1. The Hall–Kier alpha value is -3.26. The minimum atomic E-state index is -3.00. The van der Waals surface area contributed by atoms with Crippen LogP contribution < -0.4 is 10.1 Å². The van der Waals surface area contributed by atoms with Crippen molar-refractivity contribution in [1.82, 2.24) is 10.3 Å². The summed E-state index contributed by atoms with van der Waals surface area (Å²) in [7, 11) is 0. The number of carbonyl (C=O) groups excluding carboxylic acids is 1. The average Bonchev–Trinajstić information content (AvgIpc) is 3.25. The molecule has 1 aliphatic rings. The fourth-order valence-electron chi connectivity index (χ4n) is 3.80. The zero-order valence-electron chi connectivity index (χ0n) is 18.5. The number of hydrazone groups is 1. The smallest absolute Gasteiger partial charge is 0.387 e. The lowest BCUT2D eigenvalue weighted by Gasteiger charge is -2.23. The molecule has 0 saturated carbocycles. The van der Waals surface area contributed by atoms with Gasteiger partial charge in [0.1, 0.15) is 12.4 Å². The fraction of sp³-hybridized carbons (Fsp3) is 0.304. The number of guanidine groups is 1. The molecule has 3 rings (SSSR count). The minimum absolute atomic E-state index is 0.00746. The Balaban J connectivity index is 2.04. The van der Waals surface area contributed by atoms with E-state index in [9.17, 15) is 23.9 Å². The number of ketones is 1. The Morgan fingerprint density at radius 2 is 2.11 bits per heavy atom. The highest BCUT2D eigenvalue weighted by atomic mass is 35.5. The summed E-state index contributed by atoms with van der Waals surface area (Å²) in [5, 5.41) is 27.9. The zero-order valence-corrected chi connectivity index (χ0v) is 20.0. The van der Waals surface area contributed by atoms with Crippen molar-refractivity contribution in [3.8, 4) is 11.9 Å². The van der Waals surface area contributed by atoms with Crippen LogP contribution >= 0.6 is 23.2 Å². The number of halogens is 4. The number of aliphatic hydroxyl groups is 1. The maximum atomic E-state index is 12.6. The second-order valence-electron chi connectivity index (χ2n) is 7.49. The summed E-state index contributed by atoms with van der Waals surface area (Å²) in [5.74, 6) is -1.47. The summed E-state index contributed by atoms with van der Waals surface area (Å²) in [6.07, 6.45) is 2.22. The number of ether oxygens (including phenoxy) is 1. The molecule has 2 aromatic carbocycles. The molecular formula is C23H21Cl2F2N5O3. The van der Waals surface area contributed by atoms with Crippen LogP contribution in [0.15, 0.2) is 52.6 Å². The van der Waals surface area contributed by atoms with Crippen LogP contribution in [-0.4, -0.2) is 47.3 Å². The molecule has 0 fully saturated rings. The summed E-state index contributed by atoms with van der Waals surface area (Å²) in [6.45, 7) is -1.65. The van der Waals surface area contributed by atoms with Crippen molar-refractivity contribution in [1.29, 1.82) is 5.26 Å². The van der Waals surface area contributed by atoms with Crippen molar-refractivity contribution < 1.29 is 23.4 Å². The molecule has 184 valence electrons. The molecule has 0 radical (unpaired) electrons. The van der Waals surface area contributed by atoms with Crippen molar-refractivity contribution in [2.45, 2.75) is 20.0 Å². The standard InChI is InChI=1S/C23H21Cl2F2N5O3/c1-2-16(20(34)11-33)17-10-32(31-21(17)13-6-7-18(24)19(25)8-13)23(29-12-28)30-14-4-3-5-15(9-14)35-22(26)27/h3-9,16-17,22,33H,2,10-11H2,1H3,(H,29,30)/t16-,17-/m1/s1. The number of rotatable bonds is 8. The highest BCUT2D eigenvalue weighted by molar-refractivity contribution is 6.42. The van der Waals surface area contributed by atoms with Gasteiger partial charge in [-0.15, -0.1) is 0 Å². The van der Waals surface area contributed by atoms with Crippen molar-refractivity contribution in [3.05, 3.63) is 58.1 Å². The van der Waals surface area contributed by atoms with Gasteiger partial charge in [0.25, 0.3) is 0 Å². The van der Waals surface area contributed by atoms with E-state index in [4.69, 9.17) is 23.2 Å². The molecule has 1 aliphatic heterocycles. The topological polar surface area (TPSA) is 110 Å². The number of nitriles is 1. The van der Waals surface area contributed by atoms with Crippen LogP contribution in [0.5, 0.6) is 5.75 Å². The van der Waals surface area contributed by atoms with E-state index < -0.39 is 25.1 Å². The van der Waals surface area contributed by atoms with Gasteiger partial charge in [-0.2, -0.15) is 19.1 Å². The van der Waals surface area contributed by atoms with Crippen molar-refractivity contribution in [2.24, 2.45) is 21.9 Å². The highest BCUT2D eigenvalue weighted by Gasteiger charge is 2.38. The number of carbonyl (C=O) groups is 1. The molecule has 2 atom stereocenters. The molecule has 0 aromatic heterocycles. The summed E-state index contributed by atoms with van der Waals surface area (Å²) in [5.41, 5.74) is 1.34. The predicted molar refractivity (Wildman–Crippen MR) is 128 cm³/mol. The first kappa shape index (κ1) is 26.3. The molecular weight excluding hydrogens is 503 g/mol. The van der Waals surface area contributed by atoms with Gasteiger partial charge in [-0.05, 0) is 36.2 Å².